The molecule has 1 aliphatic carbocycles. The van der Waals surface area contributed by atoms with Crippen molar-refractivity contribution in [1.82, 2.24) is 9.80 Å². The van der Waals surface area contributed by atoms with Crippen LogP contribution in [0.15, 0.2) is 136 Å². The summed E-state index contributed by atoms with van der Waals surface area (Å²) in [7, 11) is 7.59. The van der Waals surface area contributed by atoms with Crippen LogP contribution in [-0.4, -0.2) is 44.0 Å². The van der Waals surface area contributed by atoms with Gasteiger partial charge in [0.25, 0.3) is 0 Å². The van der Waals surface area contributed by atoms with Crippen molar-refractivity contribution in [2.75, 3.05) is 28.2 Å². The van der Waals surface area contributed by atoms with Crippen molar-refractivity contribution in [3.63, 3.8) is 0 Å². The average Bonchev–Trinajstić information content (AvgIpc) is 3.50. The molecule has 0 saturated heterocycles. The van der Waals surface area contributed by atoms with E-state index >= 15 is 0 Å². The van der Waals surface area contributed by atoms with Crippen molar-refractivity contribution in [1.29, 1.82) is 21.0 Å². The van der Waals surface area contributed by atoms with Gasteiger partial charge >= 0.3 is 5.82 Å². The standard InChI is InChI=1S/C40H33N9/c1-45-39(46-2)37(30-17-11-8-12-18-30)34(26-42)22-14-20-32-24-23-31(38(32)47-40(48(3)4)49(5)6)19-13-21-33(25-41)36(35(27-43)28-44)29-15-9-7-10-16-29/h7-22,35H,23-24H2,3-6H3/b20-14+,21-13+,31-19+,34-22+,36-33-. The van der Waals surface area contributed by atoms with E-state index in [1.807, 2.05) is 74.4 Å². The molecular formula is C40H33N9. The molecule has 238 valence electrons. The van der Waals surface area contributed by atoms with Crippen LogP contribution in [0.25, 0.3) is 20.8 Å². The van der Waals surface area contributed by atoms with Crippen LogP contribution < -0.4 is 0 Å². The lowest BCUT2D eigenvalue weighted by molar-refractivity contribution is 0.483. The molecule has 0 spiro atoms. The summed E-state index contributed by atoms with van der Waals surface area (Å²) in [6.07, 6.45) is 11.7. The van der Waals surface area contributed by atoms with Crippen molar-refractivity contribution in [2.45, 2.75) is 12.8 Å². The lowest BCUT2D eigenvalue weighted by atomic mass is 9.90. The quantitative estimate of drug-likeness (QED) is 0.0905. The van der Waals surface area contributed by atoms with Crippen LogP contribution in [0.3, 0.4) is 0 Å². The first-order valence-corrected chi connectivity index (χ1v) is 15.1. The molecule has 3 rings (SSSR count). The average molecular weight is 640 g/mol. The molecular weight excluding hydrogens is 607 g/mol. The second kappa shape index (κ2) is 18.1. The van der Waals surface area contributed by atoms with Crippen LogP contribution in [0.1, 0.15) is 24.0 Å². The van der Waals surface area contributed by atoms with Crippen LogP contribution in [0.2, 0.25) is 0 Å². The van der Waals surface area contributed by atoms with E-state index in [0.29, 0.717) is 35.5 Å². The highest BCUT2D eigenvalue weighted by Crippen LogP contribution is 2.35. The number of benzene rings is 2. The van der Waals surface area contributed by atoms with E-state index < -0.39 is 5.92 Å². The SMILES string of the molecule is [C-]#[N+]C([N+]#[C-])=C(/C(C#N)=C/C=C/C1=C(N=C(N(C)C)N(C)C)C(=C/C=C/C(C#N)=C(\c2ccccc2)C(C#N)C#N)/CC1)c1ccccc1. The normalized spacial score (nSPS) is 13.9. The van der Waals surface area contributed by atoms with Crippen molar-refractivity contribution in [3.05, 3.63) is 165 Å². The summed E-state index contributed by atoms with van der Waals surface area (Å²) in [6, 6.07) is 26.2. The molecule has 0 bridgehead atoms. The Morgan fingerprint density at radius 2 is 1.41 bits per heavy atom. The largest absolute Gasteiger partial charge is 0.528 e. The highest BCUT2D eigenvalue weighted by atomic mass is 15.3. The van der Waals surface area contributed by atoms with Gasteiger partial charge in [0, 0.05) is 33.8 Å². The second-order valence-corrected chi connectivity index (χ2v) is 11.0. The predicted octanol–water partition coefficient (Wildman–Crippen LogP) is 7.85. The summed E-state index contributed by atoms with van der Waals surface area (Å²) in [5.41, 5.74) is 4.78. The lowest BCUT2D eigenvalue weighted by Crippen LogP contribution is -2.35. The Bertz CT molecular complexity index is 2020. The smallest absolute Gasteiger partial charge is 0.349 e. The van der Waals surface area contributed by atoms with Gasteiger partial charge in [0.2, 0.25) is 5.96 Å². The van der Waals surface area contributed by atoms with Gasteiger partial charge in [0.05, 0.1) is 46.7 Å². The first-order valence-electron chi connectivity index (χ1n) is 15.1. The molecule has 2 aromatic carbocycles. The number of guanidine groups is 1. The zero-order chi connectivity index (χ0) is 35.8. The molecule has 0 amide bonds. The third-order valence-electron chi connectivity index (χ3n) is 7.33. The molecule has 0 N–H and O–H groups in total. The van der Waals surface area contributed by atoms with Gasteiger partial charge in [-0.1, -0.05) is 85.0 Å². The van der Waals surface area contributed by atoms with E-state index in [9.17, 15) is 21.0 Å². The monoisotopic (exact) mass is 639 g/mol. The maximum Gasteiger partial charge on any atom is 0.528 e. The van der Waals surface area contributed by atoms with Crippen LogP contribution >= 0.6 is 0 Å². The minimum Gasteiger partial charge on any atom is -0.349 e. The molecule has 0 heterocycles. The Hall–Kier alpha value is -7.17. The van der Waals surface area contributed by atoms with Gasteiger partial charge in [-0.2, -0.15) is 30.7 Å². The Labute approximate surface area is 288 Å². The maximum atomic E-state index is 10.1. The van der Waals surface area contributed by atoms with E-state index in [1.165, 1.54) is 0 Å². The maximum absolute atomic E-state index is 10.1. The Balaban J connectivity index is 2.17. The van der Waals surface area contributed by atoms with Crippen molar-refractivity contribution in [2.24, 2.45) is 10.9 Å². The fourth-order valence-corrected chi connectivity index (χ4v) is 5.17. The van der Waals surface area contributed by atoms with Crippen molar-refractivity contribution < 1.29 is 0 Å². The molecule has 0 radical (unpaired) electrons. The Kier molecular flexibility index (Phi) is 13.4. The summed E-state index contributed by atoms with van der Waals surface area (Å²) < 4.78 is 0. The number of nitriles is 4. The summed E-state index contributed by atoms with van der Waals surface area (Å²) in [6.45, 7) is 15.0. The molecule has 2 aromatic rings. The fourth-order valence-electron chi connectivity index (χ4n) is 5.17. The zero-order valence-corrected chi connectivity index (χ0v) is 27.8. The number of hydrogen-bond donors (Lipinski definition) is 0. The Morgan fingerprint density at radius 1 is 0.816 bits per heavy atom. The molecule has 0 unspecified atom stereocenters. The van der Waals surface area contributed by atoms with E-state index in [-0.39, 0.29) is 22.5 Å². The predicted molar refractivity (Wildman–Crippen MR) is 191 cm³/mol. The summed E-state index contributed by atoms with van der Waals surface area (Å²) in [5, 5.41) is 39.4. The molecule has 1 aliphatic rings. The van der Waals surface area contributed by atoms with E-state index in [0.717, 1.165) is 16.8 Å². The highest BCUT2D eigenvalue weighted by Gasteiger charge is 2.22. The van der Waals surface area contributed by atoms with E-state index in [2.05, 4.69) is 21.8 Å². The fraction of sp³-hybridized carbons (Fsp3) is 0.175. The van der Waals surface area contributed by atoms with Gasteiger partial charge in [-0.25, -0.2) is 4.99 Å². The third-order valence-corrected chi connectivity index (χ3v) is 7.33. The highest BCUT2D eigenvalue weighted by molar-refractivity contribution is 5.87. The molecule has 0 fully saturated rings. The second-order valence-electron chi connectivity index (χ2n) is 11.0. The van der Waals surface area contributed by atoms with Gasteiger partial charge in [0.1, 0.15) is 13.1 Å². The zero-order valence-electron chi connectivity index (χ0n) is 27.8. The lowest BCUT2D eigenvalue weighted by Gasteiger charge is -2.23. The van der Waals surface area contributed by atoms with Crippen molar-refractivity contribution in [3.8, 4) is 24.3 Å². The van der Waals surface area contributed by atoms with E-state index in [1.54, 1.807) is 72.8 Å². The molecule has 0 atom stereocenters. The first kappa shape index (κ1) is 36.3. The summed E-state index contributed by atoms with van der Waals surface area (Å²) >= 11 is 0. The molecule has 0 saturated carbocycles. The van der Waals surface area contributed by atoms with Crippen molar-refractivity contribution >= 4 is 17.1 Å². The summed E-state index contributed by atoms with van der Waals surface area (Å²) in [5.74, 6) is -0.605. The first-order chi connectivity index (χ1) is 23.7. The summed E-state index contributed by atoms with van der Waals surface area (Å²) in [4.78, 5) is 15.5. The number of rotatable bonds is 9. The topological polar surface area (TPSA) is 123 Å². The van der Waals surface area contributed by atoms with E-state index in [4.69, 9.17) is 18.1 Å². The van der Waals surface area contributed by atoms with Gasteiger partial charge < -0.3 is 9.80 Å². The molecule has 0 aliphatic heterocycles. The number of nitrogens with zero attached hydrogens (tertiary/aromatic N) is 9. The van der Waals surface area contributed by atoms with Gasteiger partial charge in [-0.05, 0) is 47.3 Å². The van der Waals surface area contributed by atoms with Crippen LogP contribution in [0, 0.1) is 64.4 Å². The van der Waals surface area contributed by atoms with Gasteiger partial charge in [-0.3, -0.25) is 0 Å². The van der Waals surface area contributed by atoms with Crippen LogP contribution in [0.5, 0.6) is 0 Å². The van der Waals surface area contributed by atoms with Crippen LogP contribution in [-0.2, 0) is 0 Å². The number of allylic oxidation sites excluding steroid dienone is 12. The van der Waals surface area contributed by atoms with Gasteiger partial charge in [-0.15, -0.1) is 0 Å². The number of aliphatic imine (C=N–C) groups is 1. The minimum atomic E-state index is -1.12. The van der Waals surface area contributed by atoms with Crippen LogP contribution in [0.4, 0.5) is 0 Å². The minimum absolute atomic E-state index is 0.187. The molecule has 9 heteroatoms. The molecule has 0 aromatic heterocycles. The number of hydrogen-bond acceptors (Lipinski definition) is 5. The third kappa shape index (κ3) is 9.19. The Morgan fingerprint density at radius 3 is 1.92 bits per heavy atom. The molecule has 49 heavy (non-hydrogen) atoms. The van der Waals surface area contributed by atoms with Gasteiger partial charge in [0.15, 0.2) is 5.92 Å². The molecule has 9 nitrogen and oxygen atoms in total.